The van der Waals surface area contributed by atoms with Crippen LogP contribution in [0.2, 0.25) is 0 Å². The summed E-state index contributed by atoms with van der Waals surface area (Å²) in [7, 11) is 0. The maximum Gasteiger partial charge on any atom is 0.276 e. The maximum absolute atomic E-state index is 12.1. The van der Waals surface area contributed by atoms with Crippen molar-refractivity contribution in [2.45, 2.75) is 19.9 Å². The molecule has 84 valence electrons. The molecule has 1 amide bonds. The molecular weight excluding hydrogens is 202 g/mol. The van der Waals surface area contributed by atoms with Gasteiger partial charge in [0, 0.05) is 11.7 Å². The lowest BCUT2D eigenvalue weighted by Gasteiger charge is -2.32. The van der Waals surface area contributed by atoms with E-state index in [2.05, 4.69) is 16.9 Å². The van der Waals surface area contributed by atoms with Crippen molar-refractivity contribution < 1.29 is 4.79 Å². The largest absolute Gasteiger partial charge is 0.366 e. The van der Waals surface area contributed by atoms with Gasteiger partial charge in [-0.2, -0.15) is 0 Å². The standard InChI is InChI=1S/C12H15N3O/c1-4-9(3)15-7-13-10-6-5-8(2)14-11(10)12(15)16/h4-6,9,13H,1,7H2,2-3H3. The summed E-state index contributed by atoms with van der Waals surface area (Å²) in [5, 5.41) is 3.18. The third-order valence-corrected chi connectivity index (χ3v) is 2.77. The Kier molecular flexibility index (Phi) is 2.64. The number of nitrogens with one attached hydrogen (secondary N) is 1. The summed E-state index contributed by atoms with van der Waals surface area (Å²) < 4.78 is 0. The molecule has 1 aliphatic heterocycles. The summed E-state index contributed by atoms with van der Waals surface area (Å²) in [6.07, 6.45) is 1.75. The van der Waals surface area contributed by atoms with Crippen LogP contribution in [0.1, 0.15) is 23.1 Å². The number of aryl methyl sites for hydroxylation is 1. The van der Waals surface area contributed by atoms with Gasteiger partial charge >= 0.3 is 0 Å². The molecule has 4 heteroatoms. The van der Waals surface area contributed by atoms with E-state index in [9.17, 15) is 4.79 Å². The highest BCUT2D eigenvalue weighted by atomic mass is 16.2. The van der Waals surface area contributed by atoms with Gasteiger partial charge in [0.2, 0.25) is 0 Å². The van der Waals surface area contributed by atoms with Crippen LogP contribution in [0.25, 0.3) is 0 Å². The number of carbonyl (C=O) groups excluding carboxylic acids is 1. The molecule has 1 aromatic heterocycles. The van der Waals surface area contributed by atoms with Gasteiger partial charge in [-0.05, 0) is 26.0 Å². The lowest BCUT2D eigenvalue weighted by atomic mass is 10.1. The highest BCUT2D eigenvalue weighted by Crippen LogP contribution is 2.21. The minimum Gasteiger partial charge on any atom is -0.366 e. The van der Waals surface area contributed by atoms with E-state index in [0.717, 1.165) is 11.4 Å². The van der Waals surface area contributed by atoms with Crippen LogP contribution in [0, 0.1) is 6.92 Å². The van der Waals surface area contributed by atoms with Gasteiger partial charge < -0.3 is 10.2 Å². The van der Waals surface area contributed by atoms with Crippen molar-refractivity contribution >= 4 is 11.6 Å². The van der Waals surface area contributed by atoms with Crippen LogP contribution in [0.4, 0.5) is 5.69 Å². The summed E-state index contributed by atoms with van der Waals surface area (Å²) in [5.74, 6) is -0.0372. The molecule has 1 N–H and O–H groups in total. The van der Waals surface area contributed by atoms with E-state index in [4.69, 9.17) is 0 Å². The van der Waals surface area contributed by atoms with Crippen LogP contribution >= 0.6 is 0 Å². The Morgan fingerprint density at radius 1 is 1.62 bits per heavy atom. The summed E-state index contributed by atoms with van der Waals surface area (Å²) in [4.78, 5) is 18.1. The van der Waals surface area contributed by atoms with E-state index < -0.39 is 0 Å². The molecule has 0 bridgehead atoms. The van der Waals surface area contributed by atoms with E-state index in [1.54, 1.807) is 11.0 Å². The zero-order valence-electron chi connectivity index (χ0n) is 9.53. The van der Waals surface area contributed by atoms with Gasteiger partial charge in [0.15, 0.2) is 5.69 Å². The predicted octanol–water partition coefficient (Wildman–Crippen LogP) is 1.79. The molecule has 0 aliphatic carbocycles. The second-order valence-electron chi connectivity index (χ2n) is 3.93. The number of nitrogens with zero attached hydrogens (tertiary/aromatic N) is 2. The van der Waals surface area contributed by atoms with E-state index >= 15 is 0 Å². The zero-order valence-corrected chi connectivity index (χ0v) is 9.53. The number of rotatable bonds is 2. The normalized spacial score (nSPS) is 16.4. The van der Waals surface area contributed by atoms with Gasteiger partial charge in [-0.1, -0.05) is 6.08 Å². The molecule has 1 aromatic rings. The molecule has 0 saturated carbocycles. The van der Waals surface area contributed by atoms with Gasteiger partial charge in [-0.15, -0.1) is 6.58 Å². The van der Waals surface area contributed by atoms with Gasteiger partial charge in [-0.25, -0.2) is 4.98 Å². The van der Waals surface area contributed by atoms with Crippen molar-refractivity contribution in [2.24, 2.45) is 0 Å². The van der Waals surface area contributed by atoms with Crippen LogP contribution in [0.15, 0.2) is 24.8 Å². The number of hydrogen-bond acceptors (Lipinski definition) is 3. The van der Waals surface area contributed by atoms with Crippen molar-refractivity contribution in [1.29, 1.82) is 0 Å². The second-order valence-corrected chi connectivity index (χ2v) is 3.93. The summed E-state index contributed by atoms with van der Waals surface area (Å²) in [6.45, 7) is 8.02. The van der Waals surface area contributed by atoms with Crippen LogP contribution in [0.3, 0.4) is 0 Å². The van der Waals surface area contributed by atoms with Crippen molar-refractivity contribution in [3.05, 3.63) is 36.2 Å². The number of aromatic nitrogens is 1. The van der Waals surface area contributed by atoms with Crippen LogP contribution < -0.4 is 5.32 Å². The third-order valence-electron chi connectivity index (χ3n) is 2.77. The van der Waals surface area contributed by atoms with Crippen molar-refractivity contribution in [1.82, 2.24) is 9.88 Å². The van der Waals surface area contributed by atoms with Crippen LogP contribution in [-0.4, -0.2) is 28.5 Å². The lowest BCUT2D eigenvalue weighted by molar-refractivity contribution is 0.0721. The first-order chi connectivity index (χ1) is 7.63. The fourth-order valence-corrected chi connectivity index (χ4v) is 1.70. The van der Waals surface area contributed by atoms with E-state index in [0.29, 0.717) is 12.4 Å². The highest BCUT2D eigenvalue weighted by molar-refractivity contribution is 5.99. The molecule has 1 aliphatic rings. The second kappa shape index (κ2) is 3.96. The Morgan fingerprint density at radius 3 is 3.06 bits per heavy atom. The van der Waals surface area contributed by atoms with E-state index in [1.165, 1.54) is 0 Å². The minimum absolute atomic E-state index is 0.00969. The topological polar surface area (TPSA) is 45.2 Å². The first-order valence-electron chi connectivity index (χ1n) is 5.28. The quantitative estimate of drug-likeness (QED) is 0.768. The number of pyridine rings is 1. The molecule has 16 heavy (non-hydrogen) atoms. The molecule has 0 aromatic carbocycles. The Hall–Kier alpha value is -1.84. The molecule has 4 nitrogen and oxygen atoms in total. The number of amides is 1. The van der Waals surface area contributed by atoms with Gasteiger partial charge in [0.25, 0.3) is 5.91 Å². The monoisotopic (exact) mass is 217 g/mol. The van der Waals surface area contributed by atoms with Crippen molar-refractivity contribution in [3.63, 3.8) is 0 Å². The molecule has 1 atom stereocenters. The lowest BCUT2D eigenvalue weighted by Crippen LogP contribution is -2.45. The number of carbonyl (C=O) groups is 1. The molecule has 2 rings (SSSR count). The molecule has 2 heterocycles. The Balaban J connectivity index is 2.38. The van der Waals surface area contributed by atoms with Crippen molar-refractivity contribution in [3.8, 4) is 0 Å². The van der Waals surface area contributed by atoms with Gasteiger partial charge in [0.1, 0.15) is 0 Å². The van der Waals surface area contributed by atoms with Crippen LogP contribution in [0.5, 0.6) is 0 Å². The van der Waals surface area contributed by atoms with Crippen molar-refractivity contribution in [2.75, 3.05) is 12.0 Å². The SMILES string of the molecule is C=CC(C)N1CNc2ccc(C)nc2C1=O. The molecular formula is C12H15N3O. The predicted molar refractivity (Wildman–Crippen MR) is 63.3 cm³/mol. The third kappa shape index (κ3) is 1.66. The number of hydrogen-bond donors (Lipinski definition) is 1. The molecule has 1 unspecified atom stereocenters. The Morgan fingerprint density at radius 2 is 2.38 bits per heavy atom. The maximum atomic E-state index is 12.1. The first kappa shape index (κ1) is 10.7. The van der Waals surface area contributed by atoms with E-state index in [1.807, 2.05) is 26.0 Å². The number of fused-ring (bicyclic) bond motifs is 1. The molecule has 0 spiro atoms. The smallest absolute Gasteiger partial charge is 0.276 e. The average molecular weight is 217 g/mol. The number of anilines is 1. The van der Waals surface area contributed by atoms with Gasteiger partial charge in [0.05, 0.1) is 12.4 Å². The zero-order chi connectivity index (χ0) is 11.7. The van der Waals surface area contributed by atoms with E-state index in [-0.39, 0.29) is 11.9 Å². The Labute approximate surface area is 95.0 Å². The average Bonchev–Trinajstić information content (AvgIpc) is 2.29. The summed E-state index contributed by atoms with van der Waals surface area (Å²) >= 11 is 0. The van der Waals surface area contributed by atoms with Crippen LogP contribution in [-0.2, 0) is 0 Å². The highest BCUT2D eigenvalue weighted by Gasteiger charge is 2.27. The first-order valence-corrected chi connectivity index (χ1v) is 5.28. The Bertz CT molecular complexity index is 442. The fraction of sp³-hybridized carbons (Fsp3) is 0.333. The minimum atomic E-state index is -0.0372. The summed E-state index contributed by atoms with van der Waals surface area (Å²) in [6, 6.07) is 3.80. The summed E-state index contributed by atoms with van der Waals surface area (Å²) in [5.41, 5.74) is 2.16. The molecule has 0 fully saturated rings. The fourth-order valence-electron chi connectivity index (χ4n) is 1.70. The molecule has 0 radical (unpaired) electrons. The van der Waals surface area contributed by atoms with Gasteiger partial charge in [-0.3, -0.25) is 4.79 Å². The molecule has 0 saturated heterocycles.